The zero-order chi connectivity index (χ0) is 24.2. The van der Waals surface area contributed by atoms with E-state index in [0.717, 1.165) is 11.1 Å². The molecule has 0 spiro atoms. The standard InChI is InChI=1S/C27H24N2O5/c1-17-7-10-19(11-8-17)22-16-29(27(32)28-22)21-6-4-5-20(15-21)23(30)12-9-18-13-24(33-2)26(31)25(14-18)34-3/h4-16,31H,1-3H3,(H,28,32). The third-order valence-electron chi connectivity index (χ3n) is 5.42. The molecule has 3 aromatic carbocycles. The SMILES string of the molecule is COc1cc(C=CC(=O)c2cccc(-n3cc(-c4ccc(C)cc4)[nH]c3=O)c2)cc(OC)c1O. The Morgan fingerprint density at radius 3 is 2.32 bits per heavy atom. The largest absolute Gasteiger partial charge is 0.502 e. The quantitative estimate of drug-likeness (QED) is 0.309. The first-order valence-electron chi connectivity index (χ1n) is 10.6. The molecule has 0 amide bonds. The molecule has 0 saturated heterocycles. The van der Waals surface area contributed by atoms with Crippen molar-refractivity contribution in [1.82, 2.24) is 9.55 Å². The van der Waals surface area contributed by atoms with Gasteiger partial charge in [-0.3, -0.25) is 9.36 Å². The van der Waals surface area contributed by atoms with E-state index in [1.165, 1.54) is 24.9 Å². The number of nitrogens with zero attached hydrogens (tertiary/aromatic N) is 1. The van der Waals surface area contributed by atoms with E-state index in [0.29, 0.717) is 22.5 Å². The molecule has 1 heterocycles. The van der Waals surface area contributed by atoms with Crippen LogP contribution in [-0.2, 0) is 0 Å². The number of ketones is 1. The number of benzene rings is 3. The number of hydrogen-bond donors (Lipinski definition) is 2. The van der Waals surface area contributed by atoms with Crippen LogP contribution in [0.2, 0.25) is 0 Å². The Hall–Kier alpha value is -4.52. The number of phenolic OH excluding ortho intramolecular Hbond substituents is 1. The minimum Gasteiger partial charge on any atom is -0.502 e. The van der Waals surface area contributed by atoms with E-state index in [1.807, 2.05) is 31.2 Å². The van der Waals surface area contributed by atoms with E-state index in [1.54, 1.807) is 48.7 Å². The Morgan fingerprint density at radius 1 is 1.00 bits per heavy atom. The monoisotopic (exact) mass is 456 g/mol. The molecule has 2 N–H and O–H groups in total. The summed E-state index contributed by atoms with van der Waals surface area (Å²) in [5, 5.41) is 10.0. The molecule has 4 rings (SSSR count). The van der Waals surface area contributed by atoms with Crippen molar-refractivity contribution in [3.63, 3.8) is 0 Å². The van der Waals surface area contributed by atoms with Crippen molar-refractivity contribution in [2.24, 2.45) is 0 Å². The van der Waals surface area contributed by atoms with Crippen molar-refractivity contribution < 1.29 is 19.4 Å². The maximum absolute atomic E-state index is 12.8. The molecule has 0 radical (unpaired) electrons. The van der Waals surface area contributed by atoms with Crippen LogP contribution in [0.1, 0.15) is 21.5 Å². The molecule has 1 aromatic heterocycles. The number of carbonyl (C=O) groups excluding carboxylic acids is 1. The number of hydrogen-bond acceptors (Lipinski definition) is 5. The van der Waals surface area contributed by atoms with Crippen LogP contribution >= 0.6 is 0 Å². The summed E-state index contributed by atoms with van der Waals surface area (Å²) >= 11 is 0. The van der Waals surface area contributed by atoms with E-state index in [2.05, 4.69) is 4.98 Å². The van der Waals surface area contributed by atoms with Crippen LogP contribution < -0.4 is 15.2 Å². The summed E-state index contributed by atoms with van der Waals surface area (Å²) < 4.78 is 11.8. The van der Waals surface area contributed by atoms with Crippen molar-refractivity contribution in [3.05, 3.63) is 100 Å². The van der Waals surface area contributed by atoms with Gasteiger partial charge in [0.05, 0.1) is 25.6 Å². The van der Waals surface area contributed by atoms with Gasteiger partial charge in [0.15, 0.2) is 17.3 Å². The molecule has 0 aliphatic heterocycles. The number of methoxy groups -OCH3 is 2. The number of H-pyrrole nitrogens is 1. The summed E-state index contributed by atoms with van der Waals surface area (Å²) in [6, 6.07) is 17.9. The highest BCUT2D eigenvalue weighted by Crippen LogP contribution is 2.37. The number of ether oxygens (including phenoxy) is 2. The summed E-state index contributed by atoms with van der Waals surface area (Å²) in [7, 11) is 2.87. The molecular formula is C27H24N2O5. The Morgan fingerprint density at radius 2 is 1.68 bits per heavy atom. The van der Waals surface area contributed by atoms with Crippen molar-refractivity contribution in [3.8, 4) is 34.2 Å². The van der Waals surface area contributed by atoms with Crippen LogP contribution in [0, 0.1) is 6.92 Å². The highest BCUT2D eigenvalue weighted by Gasteiger charge is 2.12. The van der Waals surface area contributed by atoms with Crippen LogP contribution in [0.3, 0.4) is 0 Å². The third kappa shape index (κ3) is 4.63. The first-order chi connectivity index (χ1) is 16.4. The third-order valence-corrected chi connectivity index (χ3v) is 5.42. The van der Waals surface area contributed by atoms with E-state index in [4.69, 9.17) is 9.47 Å². The van der Waals surface area contributed by atoms with E-state index in [-0.39, 0.29) is 28.7 Å². The number of aromatic hydroxyl groups is 1. The fourth-order valence-corrected chi connectivity index (χ4v) is 3.55. The maximum atomic E-state index is 12.8. The van der Waals surface area contributed by atoms with Gasteiger partial charge in [0, 0.05) is 11.8 Å². The lowest BCUT2D eigenvalue weighted by Gasteiger charge is -2.09. The number of aryl methyl sites for hydroxylation is 1. The maximum Gasteiger partial charge on any atom is 0.330 e. The topological polar surface area (TPSA) is 93.6 Å². The number of carbonyl (C=O) groups is 1. The predicted octanol–water partition coefficient (Wildman–Crippen LogP) is 4.76. The molecule has 0 atom stereocenters. The second-order valence-corrected chi connectivity index (χ2v) is 7.73. The van der Waals surface area contributed by atoms with Gasteiger partial charge >= 0.3 is 5.69 Å². The zero-order valence-corrected chi connectivity index (χ0v) is 19.0. The molecule has 7 nitrogen and oxygen atoms in total. The minimum atomic E-state index is -0.293. The number of rotatable bonds is 7. The minimum absolute atomic E-state index is 0.108. The van der Waals surface area contributed by atoms with Gasteiger partial charge in [0.25, 0.3) is 0 Å². The average molecular weight is 456 g/mol. The summed E-state index contributed by atoms with van der Waals surface area (Å²) in [5.74, 6) is 0.132. The molecule has 0 bridgehead atoms. The average Bonchev–Trinajstić information content (AvgIpc) is 3.25. The molecule has 34 heavy (non-hydrogen) atoms. The van der Waals surface area contributed by atoms with Gasteiger partial charge in [-0.2, -0.15) is 0 Å². The Balaban J connectivity index is 1.60. The molecule has 172 valence electrons. The van der Waals surface area contributed by atoms with Crippen LogP contribution in [0.4, 0.5) is 0 Å². The Bertz CT molecular complexity index is 1400. The van der Waals surface area contributed by atoms with Gasteiger partial charge in [-0.15, -0.1) is 0 Å². The van der Waals surface area contributed by atoms with Gasteiger partial charge in [0.1, 0.15) is 0 Å². The smallest absolute Gasteiger partial charge is 0.330 e. The van der Waals surface area contributed by atoms with Crippen LogP contribution in [0.5, 0.6) is 17.2 Å². The zero-order valence-electron chi connectivity index (χ0n) is 19.0. The number of imidazole rings is 1. The number of nitrogens with one attached hydrogen (secondary N) is 1. The second kappa shape index (κ2) is 9.54. The first kappa shape index (κ1) is 22.7. The van der Waals surface area contributed by atoms with Gasteiger partial charge in [-0.1, -0.05) is 48.0 Å². The first-order valence-corrected chi connectivity index (χ1v) is 10.6. The Labute approximate surface area is 196 Å². The number of phenols is 1. The van der Waals surface area contributed by atoms with Crippen LogP contribution in [0.25, 0.3) is 23.0 Å². The van der Waals surface area contributed by atoms with Gasteiger partial charge < -0.3 is 19.6 Å². The van der Waals surface area contributed by atoms with E-state index in [9.17, 15) is 14.7 Å². The van der Waals surface area contributed by atoms with Crippen molar-refractivity contribution >= 4 is 11.9 Å². The lowest BCUT2D eigenvalue weighted by atomic mass is 10.1. The molecule has 4 aromatic rings. The van der Waals surface area contributed by atoms with Gasteiger partial charge in [-0.05, 0) is 48.4 Å². The van der Waals surface area contributed by atoms with Crippen LogP contribution in [-0.4, -0.2) is 34.7 Å². The number of aromatic nitrogens is 2. The molecule has 0 aliphatic carbocycles. The molecule has 0 aliphatic rings. The second-order valence-electron chi connectivity index (χ2n) is 7.73. The lowest BCUT2D eigenvalue weighted by molar-refractivity contribution is 0.104. The fourth-order valence-electron chi connectivity index (χ4n) is 3.55. The summed E-state index contributed by atoms with van der Waals surface area (Å²) in [6.07, 6.45) is 4.75. The predicted molar refractivity (Wildman–Crippen MR) is 131 cm³/mol. The molecule has 0 unspecified atom stereocenters. The fraction of sp³-hybridized carbons (Fsp3) is 0.111. The van der Waals surface area contributed by atoms with Gasteiger partial charge in [0.2, 0.25) is 5.75 Å². The number of aromatic amines is 1. The van der Waals surface area contributed by atoms with Crippen molar-refractivity contribution in [2.45, 2.75) is 6.92 Å². The normalized spacial score (nSPS) is 11.0. The molecule has 7 heteroatoms. The molecular weight excluding hydrogens is 432 g/mol. The number of allylic oxidation sites excluding steroid dienone is 1. The highest BCUT2D eigenvalue weighted by atomic mass is 16.5. The summed E-state index contributed by atoms with van der Waals surface area (Å²) in [4.78, 5) is 28.3. The van der Waals surface area contributed by atoms with E-state index < -0.39 is 0 Å². The van der Waals surface area contributed by atoms with E-state index >= 15 is 0 Å². The molecule has 0 saturated carbocycles. The molecule has 0 fully saturated rings. The Kier molecular flexibility index (Phi) is 6.36. The van der Waals surface area contributed by atoms with Crippen molar-refractivity contribution in [1.29, 1.82) is 0 Å². The van der Waals surface area contributed by atoms with Gasteiger partial charge in [-0.25, -0.2) is 4.79 Å². The highest BCUT2D eigenvalue weighted by molar-refractivity contribution is 6.07. The lowest BCUT2D eigenvalue weighted by Crippen LogP contribution is -2.14. The van der Waals surface area contributed by atoms with Crippen LogP contribution in [0.15, 0.2) is 77.7 Å². The summed E-state index contributed by atoms with van der Waals surface area (Å²) in [5.41, 5.74) is 4.06. The van der Waals surface area contributed by atoms with Crippen molar-refractivity contribution in [2.75, 3.05) is 14.2 Å². The summed E-state index contributed by atoms with van der Waals surface area (Å²) in [6.45, 7) is 2.00.